The van der Waals surface area contributed by atoms with Crippen LogP contribution in [0, 0.1) is 0 Å². The van der Waals surface area contributed by atoms with Crippen molar-refractivity contribution in [2.24, 2.45) is 0 Å². The maximum atomic E-state index is 13.1. The molecule has 0 spiro atoms. The first kappa shape index (κ1) is 21.9. The lowest BCUT2D eigenvalue weighted by atomic mass is 10.2. The lowest BCUT2D eigenvalue weighted by Crippen LogP contribution is -2.32. The zero-order valence-corrected chi connectivity index (χ0v) is 19.0. The summed E-state index contributed by atoms with van der Waals surface area (Å²) in [5, 5.41) is 3.12. The molecule has 1 N–H and O–H groups in total. The maximum absolute atomic E-state index is 13.1. The van der Waals surface area contributed by atoms with E-state index in [-0.39, 0.29) is 15.5 Å². The third kappa shape index (κ3) is 4.95. The molecule has 0 atom stereocenters. The Bertz CT molecular complexity index is 1170. The SMILES string of the molecule is O=C(Nc1nc(-c2ccccc2)ns1)c1ccc(Cl)c(S(=O)(=O)N2CCCCCC2)c1. The Balaban J connectivity index is 1.55. The number of hydrogen-bond acceptors (Lipinski definition) is 6. The molecule has 1 amide bonds. The third-order valence-electron chi connectivity index (χ3n) is 5.05. The molecule has 1 aliphatic rings. The molecule has 2 aromatic carbocycles. The summed E-state index contributed by atoms with van der Waals surface area (Å²) in [6.45, 7) is 0.921. The fourth-order valence-electron chi connectivity index (χ4n) is 3.41. The van der Waals surface area contributed by atoms with E-state index in [1.165, 1.54) is 22.5 Å². The van der Waals surface area contributed by atoms with Crippen LogP contribution >= 0.6 is 23.1 Å². The Hall–Kier alpha value is -2.33. The number of anilines is 1. The normalized spacial score (nSPS) is 15.4. The molecule has 0 bridgehead atoms. The van der Waals surface area contributed by atoms with Crippen LogP contribution in [0.2, 0.25) is 5.02 Å². The van der Waals surface area contributed by atoms with E-state index in [1.807, 2.05) is 30.3 Å². The standard InChI is InChI=1S/C21H21ClN4O3S2/c22-17-11-10-16(14-18(17)31(28,29)26-12-6-1-2-7-13-26)20(27)24-21-23-19(25-30-21)15-8-4-3-5-9-15/h3-5,8-11,14H,1-2,6-7,12-13H2,(H,23,24,25,27). The van der Waals surface area contributed by atoms with Gasteiger partial charge < -0.3 is 0 Å². The lowest BCUT2D eigenvalue weighted by Gasteiger charge is -2.21. The Kier molecular flexibility index (Phi) is 6.66. The van der Waals surface area contributed by atoms with E-state index in [1.54, 1.807) is 0 Å². The summed E-state index contributed by atoms with van der Waals surface area (Å²) in [6.07, 6.45) is 3.65. The fourth-order valence-corrected chi connectivity index (χ4v) is 6.01. The van der Waals surface area contributed by atoms with Gasteiger partial charge in [-0.3, -0.25) is 10.1 Å². The Morgan fingerprint density at radius 3 is 2.45 bits per heavy atom. The first-order valence-corrected chi connectivity index (χ1v) is 12.5. The predicted molar refractivity (Wildman–Crippen MR) is 122 cm³/mol. The van der Waals surface area contributed by atoms with Crippen molar-refractivity contribution in [2.75, 3.05) is 18.4 Å². The van der Waals surface area contributed by atoms with Gasteiger partial charge in [0.25, 0.3) is 5.91 Å². The van der Waals surface area contributed by atoms with Crippen LogP contribution in [-0.2, 0) is 10.0 Å². The first-order chi connectivity index (χ1) is 14.9. The molecule has 10 heteroatoms. The molecule has 7 nitrogen and oxygen atoms in total. The van der Waals surface area contributed by atoms with E-state index < -0.39 is 15.9 Å². The summed E-state index contributed by atoms with van der Waals surface area (Å²) in [4.78, 5) is 17.0. The quantitative estimate of drug-likeness (QED) is 0.577. The van der Waals surface area contributed by atoms with Crippen molar-refractivity contribution >= 4 is 44.2 Å². The molecule has 31 heavy (non-hydrogen) atoms. The first-order valence-electron chi connectivity index (χ1n) is 9.95. The number of aromatic nitrogens is 2. The molecular formula is C21H21ClN4O3S2. The summed E-state index contributed by atoms with van der Waals surface area (Å²) in [6, 6.07) is 13.7. The summed E-state index contributed by atoms with van der Waals surface area (Å²) in [5.41, 5.74) is 1.03. The van der Waals surface area contributed by atoms with Gasteiger partial charge in [-0.25, -0.2) is 8.42 Å². The van der Waals surface area contributed by atoms with Gasteiger partial charge in [-0.15, -0.1) is 0 Å². The number of benzene rings is 2. The highest BCUT2D eigenvalue weighted by atomic mass is 35.5. The van der Waals surface area contributed by atoms with Crippen molar-refractivity contribution in [3.8, 4) is 11.4 Å². The number of carbonyl (C=O) groups excluding carboxylic acids is 1. The molecule has 1 saturated heterocycles. The fraction of sp³-hybridized carbons (Fsp3) is 0.286. The minimum Gasteiger partial charge on any atom is -0.297 e. The molecule has 0 aliphatic carbocycles. The Morgan fingerprint density at radius 2 is 1.74 bits per heavy atom. The summed E-state index contributed by atoms with van der Waals surface area (Å²) >= 11 is 7.28. The number of rotatable bonds is 5. The van der Waals surface area contributed by atoms with Gasteiger partial charge in [0.1, 0.15) is 4.90 Å². The Labute approximate surface area is 190 Å². The number of nitrogens with one attached hydrogen (secondary N) is 1. The van der Waals surface area contributed by atoms with Crippen LogP contribution in [0.1, 0.15) is 36.0 Å². The molecule has 162 valence electrons. The van der Waals surface area contributed by atoms with Crippen LogP contribution in [0.4, 0.5) is 5.13 Å². The maximum Gasteiger partial charge on any atom is 0.257 e. The average Bonchev–Trinajstić information content (AvgIpc) is 3.05. The molecule has 0 saturated carbocycles. The summed E-state index contributed by atoms with van der Waals surface area (Å²) in [5.74, 6) is 0.0428. The van der Waals surface area contributed by atoms with E-state index in [9.17, 15) is 13.2 Å². The number of carbonyl (C=O) groups is 1. The molecule has 1 fully saturated rings. The predicted octanol–water partition coefficient (Wildman–Crippen LogP) is 4.68. The summed E-state index contributed by atoms with van der Waals surface area (Å²) in [7, 11) is -3.78. The van der Waals surface area contributed by atoms with E-state index in [0.29, 0.717) is 24.0 Å². The van der Waals surface area contributed by atoms with Crippen molar-refractivity contribution in [3.63, 3.8) is 0 Å². The number of sulfonamides is 1. The smallest absolute Gasteiger partial charge is 0.257 e. The molecule has 1 aromatic heterocycles. The highest BCUT2D eigenvalue weighted by Crippen LogP contribution is 2.28. The molecule has 2 heterocycles. The average molecular weight is 477 g/mol. The van der Waals surface area contributed by atoms with Gasteiger partial charge >= 0.3 is 0 Å². The van der Waals surface area contributed by atoms with Crippen LogP contribution in [0.3, 0.4) is 0 Å². The molecule has 1 aliphatic heterocycles. The van der Waals surface area contributed by atoms with E-state index >= 15 is 0 Å². The van der Waals surface area contributed by atoms with Gasteiger partial charge in [-0.1, -0.05) is 54.8 Å². The summed E-state index contributed by atoms with van der Waals surface area (Å²) < 4.78 is 32.0. The minimum atomic E-state index is -3.78. The largest absolute Gasteiger partial charge is 0.297 e. The molecule has 4 rings (SSSR count). The van der Waals surface area contributed by atoms with E-state index in [0.717, 1.165) is 42.8 Å². The highest BCUT2D eigenvalue weighted by molar-refractivity contribution is 7.89. The van der Waals surface area contributed by atoms with Crippen LogP contribution < -0.4 is 5.32 Å². The lowest BCUT2D eigenvalue weighted by molar-refractivity contribution is 0.102. The van der Waals surface area contributed by atoms with Crippen molar-refractivity contribution in [1.82, 2.24) is 13.7 Å². The number of halogens is 1. The zero-order chi connectivity index (χ0) is 21.8. The van der Waals surface area contributed by atoms with Crippen LogP contribution in [-0.4, -0.2) is 41.1 Å². The number of nitrogens with zero attached hydrogens (tertiary/aromatic N) is 3. The minimum absolute atomic E-state index is 0.0500. The topological polar surface area (TPSA) is 92.3 Å². The van der Waals surface area contributed by atoms with Gasteiger partial charge in [0.05, 0.1) is 5.02 Å². The zero-order valence-electron chi connectivity index (χ0n) is 16.6. The molecular weight excluding hydrogens is 456 g/mol. The van der Waals surface area contributed by atoms with E-state index in [4.69, 9.17) is 11.6 Å². The van der Waals surface area contributed by atoms with Crippen molar-refractivity contribution in [1.29, 1.82) is 0 Å². The molecule has 3 aromatic rings. The van der Waals surface area contributed by atoms with Crippen molar-refractivity contribution < 1.29 is 13.2 Å². The Morgan fingerprint density at radius 1 is 1.03 bits per heavy atom. The second-order valence-electron chi connectivity index (χ2n) is 7.21. The van der Waals surface area contributed by atoms with Crippen LogP contribution in [0.5, 0.6) is 0 Å². The number of hydrogen-bond donors (Lipinski definition) is 1. The van der Waals surface area contributed by atoms with Crippen LogP contribution in [0.15, 0.2) is 53.4 Å². The van der Waals surface area contributed by atoms with Gasteiger partial charge in [0, 0.05) is 35.7 Å². The number of amides is 1. The third-order valence-corrected chi connectivity index (χ3v) is 8.07. The second kappa shape index (κ2) is 9.44. The van der Waals surface area contributed by atoms with Crippen molar-refractivity contribution in [2.45, 2.75) is 30.6 Å². The van der Waals surface area contributed by atoms with Crippen LogP contribution in [0.25, 0.3) is 11.4 Å². The van der Waals surface area contributed by atoms with Gasteiger partial charge in [-0.2, -0.15) is 13.7 Å². The second-order valence-corrected chi connectivity index (χ2v) is 10.3. The van der Waals surface area contributed by atoms with E-state index in [2.05, 4.69) is 14.7 Å². The van der Waals surface area contributed by atoms with Gasteiger partial charge in [0.15, 0.2) is 5.82 Å². The monoisotopic (exact) mass is 476 g/mol. The van der Waals surface area contributed by atoms with Gasteiger partial charge in [0.2, 0.25) is 15.2 Å². The van der Waals surface area contributed by atoms with Gasteiger partial charge in [-0.05, 0) is 31.0 Å². The molecule has 0 radical (unpaired) electrons. The highest BCUT2D eigenvalue weighted by Gasteiger charge is 2.28. The van der Waals surface area contributed by atoms with Crippen molar-refractivity contribution in [3.05, 3.63) is 59.1 Å². The molecule has 0 unspecified atom stereocenters.